The molecule has 0 spiro atoms. The molecular formula is C42H35OP. The molecule has 0 atom stereocenters. The van der Waals surface area contributed by atoms with Gasteiger partial charge in [-0.05, 0) is 91.3 Å². The quantitative estimate of drug-likeness (QED) is 0.171. The fourth-order valence-corrected chi connectivity index (χ4v) is 8.84. The molecule has 7 rings (SSSR count). The average Bonchev–Trinajstić information content (AvgIpc) is 3.08. The van der Waals surface area contributed by atoms with Gasteiger partial charge in [-0.15, -0.1) is 0 Å². The fraction of sp³-hybridized carbons (Fsp3) is 0.0476. The van der Waals surface area contributed by atoms with E-state index in [9.17, 15) is 0 Å². The van der Waals surface area contributed by atoms with Crippen molar-refractivity contribution in [1.82, 2.24) is 0 Å². The topological polar surface area (TPSA) is 31.5 Å². The van der Waals surface area contributed by atoms with Crippen LogP contribution in [-0.4, -0.2) is 5.48 Å². The van der Waals surface area contributed by atoms with E-state index >= 15 is 0 Å². The van der Waals surface area contributed by atoms with Gasteiger partial charge in [0.1, 0.15) is 0 Å². The van der Waals surface area contributed by atoms with Crippen LogP contribution in [0, 0.1) is 0 Å². The van der Waals surface area contributed by atoms with Gasteiger partial charge in [0.2, 0.25) is 0 Å². The minimum Gasteiger partial charge on any atom is -0.412 e. The van der Waals surface area contributed by atoms with Gasteiger partial charge in [-0.2, -0.15) is 0 Å². The molecule has 2 heteroatoms. The van der Waals surface area contributed by atoms with Gasteiger partial charge in [-0.1, -0.05) is 165 Å². The summed E-state index contributed by atoms with van der Waals surface area (Å²) in [4.78, 5) is 0. The summed E-state index contributed by atoms with van der Waals surface area (Å²) >= 11 is 0. The van der Waals surface area contributed by atoms with Crippen LogP contribution in [0.1, 0.15) is 24.0 Å². The Morgan fingerprint density at radius 3 is 1.64 bits per heavy atom. The van der Waals surface area contributed by atoms with Crippen molar-refractivity contribution in [3.05, 3.63) is 162 Å². The molecule has 0 aromatic heterocycles. The van der Waals surface area contributed by atoms with Gasteiger partial charge in [0.15, 0.2) is 0 Å². The minimum atomic E-state index is -0.666. The Morgan fingerprint density at radius 2 is 1.02 bits per heavy atom. The molecule has 6 aromatic rings. The molecule has 0 bridgehead atoms. The first kappa shape index (κ1) is 29.3. The molecule has 2 N–H and O–H groups in total. The van der Waals surface area contributed by atoms with E-state index in [0.717, 1.165) is 24.0 Å². The van der Waals surface area contributed by atoms with Crippen LogP contribution in [0.5, 0.6) is 0 Å². The number of benzene rings is 6. The summed E-state index contributed by atoms with van der Waals surface area (Å²) < 4.78 is 0. The normalized spacial score (nSPS) is 12.0. The van der Waals surface area contributed by atoms with E-state index < -0.39 is 7.92 Å². The minimum absolute atomic E-state index is 0. The molecule has 0 saturated heterocycles. The van der Waals surface area contributed by atoms with E-state index in [1.165, 1.54) is 59.4 Å². The van der Waals surface area contributed by atoms with E-state index in [1.807, 2.05) is 12.2 Å². The van der Waals surface area contributed by atoms with Crippen molar-refractivity contribution < 1.29 is 5.48 Å². The summed E-state index contributed by atoms with van der Waals surface area (Å²) in [5, 5.41) is 9.16. The molecule has 1 aliphatic carbocycles. The molecular weight excluding hydrogens is 551 g/mol. The standard InChI is InChI=1S/C42H33P.H2O/c1-3-35-36(4-2)42(38-25-15-17-30-16-11-12-22-37(30)38)40-24-14-13-23-39(40)41(35)31-26-28-34(29-27-31)43(32-18-7-5-8-19-32)33-20-9-6-10-21-33;/h3-10,13-29H,1-2,11-12H2;1H2. The molecule has 0 aliphatic heterocycles. The first-order valence-corrected chi connectivity index (χ1v) is 16.3. The summed E-state index contributed by atoms with van der Waals surface area (Å²) in [6.07, 6.45) is 10.9. The Morgan fingerprint density at radius 1 is 0.500 bits per heavy atom. The predicted molar refractivity (Wildman–Crippen MR) is 195 cm³/mol. The van der Waals surface area contributed by atoms with E-state index in [2.05, 4.69) is 153 Å². The third-order valence-electron chi connectivity index (χ3n) is 8.43. The third-order valence-corrected chi connectivity index (χ3v) is 10.9. The second kappa shape index (κ2) is 12.8. The van der Waals surface area contributed by atoms with Crippen LogP contribution in [0.4, 0.5) is 0 Å². The van der Waals surface area contributed by atoms with Crippen molar-refractivity contribution in [2.24, 2.45) is 0 Å². The largest absolute Gasteiger partial charge is 0.412 e. The van der Waals surface area contributed by atoms with Crippen molar-refractivity contribution in [3.63, 3.8) is 0 Å². The highest BCUT2D eigenvalue weighted by molar-refractivity contribution is 7.79. The fourth-order valence-electron chi connectivity index (χ4n) is 6.56. The Labute approximate surface area is 260 Å². The molecule has 0 radical (unpaired) electrons. The van der Waals surface area contributed by atoms with Gasteiger partial charge in [0, 0.05) is 0 Å². The molecule has 214 valence electrons. The Hall–Kier alpha value is -4.81. The lowest BCUT2D eigenvalue weighted by Gasteiger charge is -2.22. The van der Waals surface area contributed by atoms with Gasteiger partial charge in [0.05, 0.1) is 0 Å². The van der Waals surface area contributed by atoms with Crippen LogP contribution in [0.15, 0.2) is 141 Å². The zero-order valence-electron chi connectivity index (χ0n) is 24.7. The van der Waals surface area contributed by atoms with Gasteiger partial charge in [-0.25, -0.2) is 0 Å². The first-order chi connectivity index (χ1) is 21.3. The molecule has 0 fully saturated rings. The molecule has 0 unspecified atom stereocenters. The molecule has 1 nitrogen and oxygen atoms in total. The van der Waals surface area contributed by atoms with Crippen LogP contribution in [-0.2, 0) is 0 Å². The summed E-state index contributed by atoms with van der Waals surface area (Å²) in [5.41, 5.74) is 7.16. The predicted octanol–water partition coefficient (Wildman–Crippen LogP) is 7.75. The van der Waals surface area contributed by atoms with E-state index in [-0.39, 0.29) is 5.48 Å². The van der Waals surface area contributed by atoms with Crippen LogP contribution < -0.4 is 26.4 Å². The second-order valence-corrected chi connectivity index (χ2v) is 13.1. The van der Waals surface area contributed by atoms with E-state index in [0.29, 0.717) is 0 Å². The smallest absolute Gasteiger partial charge is 0.00205 e. The second-order valence-electron chi connectivity index (χ2n) is 10.9. The van der Waals surface area contributed by atoms with Crippen LogP contribution in [0.3, 0.4) is 0 Å². The van der Waals surface area contributed by atoms with Crippen molar-refractivity contribution in [1.29, 1.82) is 0 Å². The van der Waals surface area contributed by atoms with Gasteiger partial charge in [-0.3, -0.25) is 0 Å². The molecule has 6 aromatic carbocycles. The summed E-state index contributed by atoms with van der Waals surface area (Å²) in [6.45, 7) is 8.64. The number of rotatable bonds is 7. The SMILES string of the molecule is C=Cc1c(C=C)c(-c2cccc3c2=CCCC=3)c2ccccc2c1-c1ccc(P(c2ccccc2)c2ccccc2)cc1.O. The lowest BCUT2D eigenvalue weighted by atomic mass is 9.82. The first-order valence-electron chi connectivity index (χ1n) is 14.9. The molecule has 0 amide bonds. The zero-order valence-corrected chi connectivity index (χ0v) is 25.6. The Bertz CT molecular complexity index is 2050. The van der Waals surface area contributed by atoms with Gasteiger partial charge < -0.3 is 5.48 Å². The highest BCUT2D eigenvalue weighted by atomic mass is 31.1. The number of fused-ring (bicyclic) bond motifs is 2. The average molecular weight is 587 g/mol. The molecule has 0 heterocycles. The monoisotopic (exact) mass is 586 g/mol. The molecule has 44 heavy (non-hydrogen) atoms. The highest BCUT2D eigenvalue weighted by Crippen LogP contribution is 2.43. The number of hydrogen-bond acceptors (Lipinski definition) is 0. The van der Waals surface area contributed by atoms with E-state index in [1.54, 1.807) is 0 Å². The summed E-state index contributed by atoms with van der Waals surface area (Å²) in [5.74, 6) is 0. The van der Waals surface area contributed by atoms with Gasteiger partial charge in [0.25, 0.3) is 0 Å². The maximum Gasteiger partial charge on any atom is -0.00205 e. The van der Waals surface area contributed by atoms with Crippen molar-refractivity contribution >= 4 is 58.9 Å². The Kier molecular flexibility index (Phi) is 8.53. The highest BCUT2D eigenvalue weighted by Gasteiger charge is 2.21. The lowest BCUT2D eigenvalue weighted by Crippen LogP contribution is -2.28. The van der Waals surface area contributed by atoms with Crippen LogP contribution in [0.2, 0.25) is 0 Å². The summed E-state index contributed by atoms with van der Waals surface area (Å²) in [7, 11) is -0.666. The van der Waals surface area contributed by atoms with Crippen molar-refractivity contribution in [2.45, 2.75) is 12.8 Å². The molecule has 1 aliphatic rings. The molecule has 0 saturated carbocycles. The lowest BCUT2D eigenvalue weighted by molar-refractivity contribution is 0.824. The van der Waals surface area contributed by atoms with Crippen LogP contribution >= 0.6 is 7.92 Å². The van der Waals surface area contributed by atoms with Crippen molar-refractivity contribution in [2.75, 3.05) is 0 Å². The van der Waals surface area contributed by atoms with Gasteiger partial charge >= 0.3 is 0 Å². The zero-order chi connectivity index (χ0) is 29.2. The third kappa shape index (κ3) is 5.16. The maximum atomic E-state index is 4.32. The Balaban J connectivity index is 0.00000343. The van der Waals surface area contributed by atoms with E-state index in [4.69, 9.17) is 0 Å². The maximum absolute atomic E-state index is 4.32. The number of hydrogen-bond donors (Lipinski definition) is 0. The summed E-state index contributed by atoms with van der Waals surface area (Å²) in [6, 6.07) is 46.5. The van der Waals surface area contributed by atoms with Crippen LogP contribution in [0.25, 0.3) is 57.3 Å². The van der Waals surface area contributed by atoms with Crippen molar-refractivity contribution in [3.8, 4) is 22.3 Å².